The van der Waals surface area contributed by atoms with E-state index in [1.54, 1.807) is 6.07 Å². The second-order valence-corrected chi connectivity index (χ2v) is 8.40. The van der Waals surface area contributed by atoms with E-state index in [-0.39, 0.29) is 16.8 Å². The van der Waals surface area contributed by atoms with Gasteiger partial charge >= 0.3 is 0 Å². The highest BCUT2D eigenvalue weighted by atomic mass is 79.9. The summed E-state index contributed by atoms with van der Waals surface area (Å²) in [5.74, 6) is 0.607. The minimum atomic E-state index is -0.156. The number of nitrogens with one attached hydrogen (secondary N) is 1. The van der Waals surface area contributed by atoms with Gasteiger partial charge in [0.15, 0.2) is 0 Å². The molecule has 1 aliphatic rings. The molecular weight excluding hydrogens is 317 g/mol. The van der Waals surface area contributed by atoms with Crippen molar-refractivity contribution in [1.29, 1.82) is 0 Å². The topological polar surface area (TPSA) is 12.0 Å². The molecule has 0 heterocycles. The van der Waals surface area contributed by atoms with E-state index in [1.807, 2.05) is 6.07 Å². The fraction of sp³-hybridized carbons (Fsp3) is 0.647. The largest absolute Gasteiger partial charge is 0.312 e. The highest BCUT2D eigenvalue weighted by Gasteiger charge is 2.41. The molecule has 0 aromatic heterocycles. The third-order valence-corrected chi connectivity index (χ3v) is 4.57. The van der Waals surface area contributed by atoms with Gasteiger partial charge in [0.05, 0.1) is 0 Å². The maximum absolute atomic E-state index is 13.5. The minimum absolute atomic E-state index is 0.124. The van der Waals surface area contributed by atoms with Crippen molar-refractivity contribution in [3.63, 3.8) is 0 Å². The number of halogens is 2. The highest BCUT2D eigenvalue weighted by Crippen LogP contribution is 2.47. The SMILES string of the molecule is CC(C)(C)NCC(C)(Cc1cc(F)cc(Br)c1)C1CC1. The Balaban J connectivity index is 2.12. The summed E-state index contributed by atoms with van der Waals surface area (Å²) in [5.41, 5.74) is 1.42. The Morgan fingerprint density at radius 1 is 1.20 bits per heavy atom. The zero-order chi connectivity index (χ0) is 15.0. The Morgan fingerprint density at radius 3 is 2.35 bits per heavy atom. The molecule has 1 nitrogen and oxygen atoms in total. The molecule has 1 fully saturated rings. The first-order valence-corrected chi connectivity index (χ1v) is 8.17. The van der Waals surface area contributed by atoms with E-state index in [9.17, 15) is 4.39 Å². The summed E-state index contributed by atoms with van der Waals surface area (Å²) in [4.78, 5) is 0. The van der Waals surface area contributed by atoms with Crippen LogP contribution in [0, 0.1) is 17.2 Å². The summed E-state index contributed by atoms with van der Waals surface area (Å²) >= 11 is 3.39. The van der Waals surface area contributed by atoms with E-state index in [4.69, 9.17) is 0 Å². The van der Waals surface area contributed by atoms with Gasteiger partial charge in [0.25, 0.3) is 0 Å². The zero-order valence-electron chi connectivity index (χ0n) is 12.9. The van der Waals surface area contributed by atoms with Crippen molar-refractivity contribution in [2.24, 2.45) is 11.3 Å². The third-order valence-electron chi connectivity index (χ3n) is 4.12. The second kappa shape index (κ2) is 5.76. The second-order valence-electron chi connectivity index (χ2n) is 7.49. The average molecular weight is 342 g/mol. The van der Waals surface area contributed by atoms with Crippen LogP contribution in [0.15, 0.2) is 22.7 Å². The first kappa shape index (κ1) is 16.0. The van der Waals surface area contributed by atoms with Crippen LogP contribution in [-0.4, -0.2) is 12.1 Å². The number of hydrogen-bond donors (Lipinski definition) is 1. The smallest absolute Gasteiger partial charge is 0.124 e. The normalized spacial score (nSPS) is 18.9. The van der Waals surface area contributed by atoms with Gasteiger partial charge in [0.1, 0.15) is 5.82 Å². The van der Waals surface area contributed by atoms with Gasteiger partial charge in [-0.25, -0.2) is 4.39 Å². The Hall–Kier alpha value is -0.410. The van der Waals surface area contributed by atoms with Crippen molar-refractivity contribution in [3.8, 4) is 0 Å². The maximum Gasteiger partial charge on any atom is 0.124 e. The van der Waals surface area contributed by atoms with Gasteiger partial charge in [-0.15, -0.1) is 0 Å². The first-order chi connectivity index (χ1) is 9.18. The Kier molecular flexibility index (Phi) is 4.60. The van der Waals surface area contributed by atoms with Gasteiger partial charge in [0, 0.05) is 16.6 Å². The Morgan fingerprint density at radius 2 is 1.85 bits per heavy atom. The van der Waals surface area contributed by atoms with Crippen molar-refractivity contribution in [1.82, 2.24) is 5.32 Å². The van der Waals surface area contributed by atoms with Crippen LogP contribution >= 0.6 is 15.9 Å². The first-order valence-electron chi connectivity index (χ1n) is 7.38. The van der Waals surface area contributed by atoms with Gasteiger partial charge in [0.2, 0.25) is 0 Å². The number of rotatable bonds is 5. The van der Waals surface area contributed by atoms with E-state index >= 15 is 0 Å². The molecule has 0 amide bonds. The lowest BCUT2D eigenvalue weighted by Gasteiger charge is -2.34. The van der Waals surface area contributed by atoms with Crippen LogP contribution in [0.5, 0.6) is 0 Å². The van der Waals surface area contributed by atoms with E-state index < -0.39 is 0 Å². The van der Waals surface area contributed by atoms with E-state index in [2.05, 4.69) is 48.9 Å². The molecule has 0 saturated heterocycles. The summed E-state index contributed by atoms with van der Waals surface area (Å²) < 4.78 is 14.4. The lowest BCUT2D eigenvalue weighted by atomic mass is 9.78. The van der Waals surface area contributed by atoms with Crippen LogP contribution in [0.25, 0.3) is 0 Å². The summed E-state index contributed by atoms with van der Waals surface area (Å²) in [6.07, 6.45) is 3.54. The minimum Gasteiger partial charge on any atom is -0.312 e. The van der Waals surface area contributed by atoms with E-state index in [0.717, 1.165) is 28.9 Å². The van der Waals surface area contributed by atoms with E-state index in [1.165, 1.54) is 18.9 Å². The van der Waals surface area contributed by atoms with Crippen LogP contribution in [0.1, 0.15) is 46.1 Å². The molecule has 1 atom stereocenters. The van der Waals surface area contributed by atoms with Gasteiger partial charge in [-0.05, 0) is 75.1 Å². The Labute approximate surface area is 130 Å². The molecule has 1 saturated carbocycles. The lowest BCUT2D eigenvalue weighted by molar-refractivity contribution is 0.227. The number of hydrogen-bond acceptors (Lipinski definition) is 1. The van der Waals surface area contributed by atoms with Gasteiger partial charge in [-0.2, -0.15) is 0 Å². The summed E-state index contributed by atoms with van der Waals surface area (Å²) in [5, 5.41) is 3.63. The molecule has 1 aromatic rings. The quantitative estimate of drug-likeness (QED) is 0.800. The summed E-state index contributed by atoms with van der Waals surface area (Å²) in [6, 6.07) is 5.23. The fourth-order valence-corrected chi connectivity index (χ4v) is 3.29. The standard InChI is InChI=1S/C17H25BrFN/c1-16(2,3)20-11-17(4,13-5-6-13)10-12-7-14(18)9-15(19)8-12/h7-9,13,20H,5-6,10-11H2,1-4H3. The van der Waals surface area contributed by atoms with Crippen molar-refractivity contribution < 1.29 is 4.39 Å². The van der Waals surface area contributed by atoms with Crippen molar-refractivity contribution in [2.45, 2.75) is 52.5 Å². The Bertz CT molecular complexity index is 456. The molecule has 1 unspecified atom stereocenters. The van der Waals surface area contributed by atoms with Crippen LogP contribution in [0.3, 0.4) is 0 Å². The van der Waals surface area contributed by atoms with Crippen molar-refractivity contribution >= 4 is 15.9 Å². The predicted octanol–water partition coefficient (Wildman–Crippen LogP) is 4.94. The molecule has 20 heavy (non-hydrogen) atoms. The van der Waals surface area contributed by atoms with Crippen LogP contribution in [-0.2, 0) is 6.42 Å². The fourth-order valence-electron chi connectivity index (χ4n) is 2.78. The molecule has 3 heteroatoms. The van der Waals surface area contributed by atoms with Gasteiger partial charge < -0.3 is 5.32 Å². The molecule has 0 bridgehead atoms. The summed E-state index contributed by atoms with van der Waals surface area (Å²) in [7, 11) is 0. The van der Waals surface area contributed by atoms with Gasteiger partial charge in [-0.1, -0.05) is 22.9 Å². The van der Waals surface area contributed by atoms with Crippen LogP contribution < -0.4 is 5.32 Å². The molecule has 2 rings (SSSR count). The van der Waals surface area contributed by atoms with Crippen molar-refractivity contribution in [2.75, 3.05) is 6.54 Å². The molecule has 0 radical (unpaired) electrons. The maximum atomic E-state index is 13.5. The van der Waals surface area contributed by atoms with Crippen LogP contribution in [0.4, 0.5) is 4.39 Å². The molecule has 1 aliphatic carbocycles. The van der Waals surface area contributed by atoms with E-state index in [0.29, 0.717) is 0 Å². The molecule has 1 N–H and O–H groups in total. The predicted molar refractivity (Wildman–Crippen MR) is 86.4 cm³/mol. The third kappa shape index (κ3) is 4.56. The lowest BCUT2D eigenvalue weighted by Crippen LogP contribution is -2.44. The molecule has 1 aromatic carbocycles. The van der Waals surface area contributed by atoms with Gasteiger partial charge in [-0.3, -0.25) is 0 Å². The molecule has 112 valence electrons. The zero-order valence-corrected chi connectivity index (χ0v) is 14.5. The number of benzene rings is 1. The molecule has 0 spiro atoms. The molecule has 0 aliphatic heterocycles. The van der Waals surface area contributed by atoms with Crippen LogP contribution in [0.2, 0.25) is 0 Å². The molecular formula is C17H25BrFN. The monoisotopic (exact) mass is 341 g/mol. The summed E-state index contributed by atoms with van der Waals surface area (Å²) in [6.45, 7) is 9.90. The highest BCUT2D eigenvalue weighted by molar-refractivity contribution is 9.10. The van der Waals surface area contributed by atoms with Crippen molar-refractivity contribution in [3.05, 3.63) is 34.1 Å². The average Bonchev–Trinajstić information content (AvgIpc) is 3.07.